The number of nitrogens with one attached hydrogen (secondary N) is 1. The number of hydrogen-bond donors (Lipinski definition) is 1. The number of rotatable bonds is 9. The van der Waals surface area contributed by atoms with Gasteiger partial charge in [0.15, 0.2) is 0 Å². The topological polar surface area (TPSA) is 41.6 Å². The van der Waals surface area contributed by atoms with Crippen molar-refractivity contribution < 1.29 is 9.53 Å². The van der Waals surface area contributed by atoms with E-state index in [2.05, 4.69) is 29.6 Å². The summed E-state index contributed by atoms with van der Waals surface area (Å²) in [6.07, 6.45) is 2.75. The van der Waals surface area contributed by atoms with Gasteiger partial charge in [-0.2, -0.15) is 0 Å². The first-order valence-corrected chi connectivity index (χ1v) is 12.3. The molecule has 0 bridgehead atoms. The van der Waals surface area contributed by atoms with Gasteiger partial charge in [-0.15, -0.1) is 0 Å². The summed E-state index contributed by atoms with van der Waals surface area (Å²) in [5.74, 6) is -0.176. The maximum absolute atomic E-state index is 13.8. The average molecular weight is 518 g/mol. The molecule has 4 rings (SSSR count). The maximum atomic E-state index is 13.8. The molecule has 0 aliphatic heterocycles. The number of ether oxygens (including phenoxy) is 1. The third kappa shape index (κ3) is 5.36. The normalized spacial score (nSPS) is 14.0. The van der Waals surface area contributed by atoms with Crippen molar-refractivity contribution in [3.05, 3.63) is 98.0 Å². The molecular weight excluding hydrogens is 491 g/mol. The van der Waals surface area contributed by atoms with Gasteiger partial charge in [0, 0.05) is 38.0 Å². The van der Waals surface area contributed by atoms with Crippen LogP contribution in [0.1, 0.15) is 39.9 Å². The van der Waals surface area contributed by atoms with Gasteiger partial charge < -0.3 is 15.0 Å². The molecule has 3 aromatic rings. The van der Waals surface area contributed by atoms with Gasteiger partial charge in [-0.25, -0.2) is 0 Å². The van der Waals surface area contributed by atoms with Crippen molar-refractivity contribution in [2.45, 2.75) is 31.4 Å². The zero-order valence-corrected chi connectivity index (χ0v) is 21.5. The lowest BCUT2D eigenvalue weighted by Gasteiger charge is -2.25. The minimum absolute atomic E-state index is 0.140. The van der Waals surface area contributed by atoms with Gasteiger partial charge in [0.1, 0.15) is 0 Å². The van der Waals surface area contributed by atoms with E-state index in [-0.39, 0.29) is 16.5 Å². The zero-order chi connectivity index (χ0) is 24.3. The van der Waals surface area contributed by atoms with Crippen LogP contribution >= 0.6 is 34.8 Å². The monoisotopic (exact) mass is 516 g/mol. The molecule has 34 heavy (non-hydrogen) atoms. The summed E-state index contributed by atoms with van der Waals surface area (Å²) < 4.78 is 5.69. The van der Waals surface area contributed by atoms with Gasteiger partial charge in [-0.05, 0) is 60.2 Å². The molecule has 1 aliphatic carbocycles. The first kappa shape index (κ1) is 24.9. The largest absolute Gasteiger partial charge is 0.387 e. The number of benzene rings is 3. The van der Waals surface area contributed by atoms with Gasteiger partial charge in [0.2, 0.25) is 0 Å². The van der Waals surface area contributed by atoms with Crippen molar-refractivity contribution in [3.8, 4) is 0 Å². The van der Waals surface area contributed by atoms with E-state index in [0.717, 1.165) is 24.0 Å². The smallest absolute Gasteiger partial charge is 0.257 e. The third-order valence-electron chi connectivity index (χ3n) is 6.40. The lowest BCUT2D eigenvalue weighted by atomic mass is 10.0. The van der Waals surface area contributed by atoms with E-state index in [4.69, 9.17) is 39.5 Å². The van der Waals surface area contributed by atoms with Crippen molar-refractivity contribution in [2.75, 3.05) is 26.0 Å². The number of methoxy groups -OCH3 is 1. The Kier molecular flexibility index (Phi) is 7.73. The fourth-order valence-corrected chi connectivity index (χ4v) is 4.68. The molecule has 0 aromatic heterocycles. The summed E-state index contributed by atoms with van der Waals surface area (Å²) in [5.41, 5.74) is 4.18. The highest BCUT2D eigenvalue weighted by molar-refractivity contribution is 6.44. The minimum Gasteiger partial charge on any atom is -0.387 e. The van der Waals surface area contributed by atoms with Crippen molar-refractivity contribution >= 4 is 46.4 Å². The van der Waals surface area contributed by atoms with Crippen LogP contribution in [0.3, 0.4) is 0 Å². The Morgan fingerprint density at radius 3 is 2.21 bits per heavy atom. The summed E-state index contributed by atoms with van der Waals surface area (Å²) in [5, 5.41) is 4.35. The Bertz CT molecular complexity index is 1160. The molecule has 0 atom stereocenters. The van der Waals surface area contributed by atoms with Gasteiger partial charge >= 0.3 is 0 Å². The van der Waals surface area contributed by atoms with Crippen LogP contribution in [-0.4, -0.2) is 31.5 Å². The second-order valence-corrected chi connectivity index (χ2v) is 9.75. The molecule has 3 aromatic carbocycles. The number of carbonyl (C=O) groups is 1. The van der Waals surface area contributed by atoms with E-state index in [1.165, 1.54) is 5.56 Å². The highest BCUT2D eigenvalue weighted by atomic mass is 35.5. The molecule has 1 aliphatic rings. The molecule has 1 N–H and O–H groups in total. The number of anilines is 1. The molecule has 1 saturated carbocycles. The van der Waals surface area contributed by atoms with Gasteiger partial charge in [0.25, 0.3) is 5.91 Å². The van der Waals surface area contributed by atoms with E-state index in [1.54, 1.807) is 26.3 Å². The second-order valence-electron chi connectivity index (χ2n) is 8.53. The lowest BCUT2D eigenvalue weighted by Crippen LogP contribution is -2.33. The van der Waals surface area contributed by atoms with Crippen molar-refractivity contribution in [1.29, 1.82) is 0 Å². The van der Waals surface area contributed by atoms with Crippen LogP contribution in [0.4, 0.5) is 5.69 Å². The predicted molar refractivity (Wildman–Crippen MR) is 140 cm³/mol. The number of carbonyl (C=O) groups excluding carboxylic acids is 1. The van der Waals surface area contributed by atoms with E-state index in [0.29, 0.717) is 40.8 Å². The van der Waals surface area contributed by atoms with Crippen LogP contribution in [0, 0.1) is 0 Å². The summed E-state index contributed by atoms with van der Waals surface area (Å²) in [6.45, 7) is 0.953. The maximum Gasteiger partial charge on any atom is 0.257 e. The molecule has 0 spiro atoms. The summed E-state index contributed by atoms with van der Waals surface area (Å²) in [4.78, 5) is 15.6. The van der Waals surface area contributed by atoms with Gasteiger partial charge in [-0.1, -0.05) is 71.2 Å². The third-order valence-corrected chi connectivity index (χ3v) is 7.45. The van der Waals surface area contributed by atoms with Crippen molar-refractivity contribution in [1.82, 2.24) is 4.90 Å². The molecule has 0 unspecified atom stereocenters. The van der Waals surface area contributed by atoms with E-state index < -0.39 is 0 Å². The number of amides is 1. The molecule has 4 nitrogen and oxygen atoms in total. The van der Waals surface area contributed by atoms with Crippen LogP contribution in [0.25, 0.3) is 0 Å². The lowest BCUT2D eigenvalue weighted by molar-refractivity contribution is 0.0744. The quantitative estimate of drug-likeness (QED) is 0.326. The molecule has 1 fully saturated rings. The highest BCUT2D eigenvalue weighted by Gasteiger charge is 2.44. The fraction of sp³-hybridized carbons (Fsp3) is 0.296. The predicted octanol–water partition coefficient (Wildman–Crippen LogP) is 7.21. The number of nitrogens with zero attached hydrogens (tertiary/aromatic N) is 1. The summed E-state index contributed by atoms with van der Waals surface area (Å²) in [6, 6.07) is 19.5. The van der Waals surface area contributed by atoms with E-state index in [9.17, 15) is 4.79 Å². The minimum atomic E-state index is -0.176. The molecule has 7 heteroatoms. The Morgan fingerprint density at radius 1 is 0.971 bits per heavy atom. The molecular formula is C27H27Cl3N2O2. The molecule has 1 amide bonds. The van der Waals surface area contributed by atoms with Crippen LogP contribution in [0.15, 0.2) is 60.7 Å². The standard InChI is InChI=1S/C27H27Cl3N2O2/c1-31-23-12-11-22(29)25(30)24(23)26(33)32(16-13-18-5-9-21(28)10-6-18)17-19-3-7-20(8-4-19)27(34-2)14-15-27/h3-12,31H,13-17H2,1-2H3. The van der Waals surface area contributed by atoms with Crippen molar-refractivity contribution in [2.24, 2.45) is 0 Å². The van der Waals surface area contributed by atoms with Gasteiger partial charge in [0.05, 0.1) is 21.2 Å². The molecule has 178 valence electrons. The SMILES string of the molecule is CNc1ccc(Cl)c(Cl)c1C(=O)N(CCc1ccc(Cl)cc1)Cc1ccc(C2(OC)CC2)cc1. The molecule has 0 radical (unpaired) electrons. The van der Waals surface area contributed by atoms with Crippen LogP contribution in [0.2, 0.25) is 15.1 Å². The summed E-state index contributed by atoms with van der Waals surface area (Å²) >= 11 is 18.8. The van der Waals surface area contributed by atoms with Crippen molar-refractivity contribution in [3.63, 3.8) is 0 Å². The Labute approximate surface area is 215 Å². The zero-order valence-electron chi connectivity index (χ0n) is 19.2. The Balaban J connectivity index is 1.61. The van der Waals surface area contributed by atoms with Crippen LogP contribution < -0.4 is 5.32 Å². The van der Waals surface area contributed by atoms with E-state index >= 15 is 0 Å². The first-order chi connectivity index (χ1) is 16.4. The van der Waals surface area contributed by atoms with Crippen LogP contribution in [-0.2, 0) is 23.3 Å². The van der Waals surface area contributed by atoms with Crippen LogP contribution in [0.5, 0.6) is 0 Å². The number of hydrogen-bond acceptors (Lipinski definition) is 3. The number of halogens is 3. The second kappa shape index (κ2) is 10.6. The summed E-state index contributed by atoms with van der Waals surface area (Å²) in [7, 11) is 3.52. The van der Waals surface area contributed by atoms with E-state index in [1.807, 2.05) is 29.2 Å². The molecule has 0 saturated heterocycles. The van der Waals surface area contributed by atoms with Gasteiger partial charge in [-0.3, -0.25) is 4.79 Å². The Hall–Kier alpha value is -2.24. The fourth-order valence-electron chi connectivity index (χ4n) is 4.15. The Morgan fingerprint density at radius 2 is 1.62 bits per heavy atom. The average Bonchev–Trinajstić information content (AvgIpc) is 3.66. The highest BCUT2D eigenvalue weighted by Crippen LogP contribution is 2.48. The molecule has 0 heterocycles. The first-order valence-electron chi connectivity index (χ1n) is 11.2.